The van der Waals surface area contributed by atoms with Crippen molar-refractivity contribution in [1.29, 1.82) is 0 Å². The van der Waals surface area contributed by atoms with Gasteiger partial charge < -0.3 is 19.2 Å². The molecular formula is C26H33N3O4. The van der Waals surface area contributed by atoms with Crippen molar-refractivity contribution in [2.24, 2.45) is 11.8 Å². The van der Waals surface area contributed by atoms with E-state index in [9.17, 15) is 14.4 Å². The molecule has 4 heterocycles. The summed E-state index contributed by atoms with van der Waals surface area (Å²) in [6.07, 6.45) is 8.41. The van der Waals surface area contributed by atoms with Crippen LogP contribution in [-0.2, 0) is 22.6 Å². The van der Waals surface area contributed by atoms with Crippen LogP contribution in [0, 0.1) is 11.8 Å². The zero-order chi connectivity index (χ0) is 22.8. The molecule has 2 aliphatic heterocycles. The molecule has 1 aliphatic carbocycles. The Morgan fingerprint density at radius 1 is 1.03 bits per heavy atom. The van der Waals surface area contributed by atoms with Crippen molar-refractivity contribution in [2.45, 2.75) is 69.9 Å². The van der Waals surface area contributed by atoms with E-state index >= 15 is 0 Å². The van der Waals surface area contributed by atoms with Crippen LogP contribution >= 0.6 is 0 Å². The summed E-state index contributed by atoms with van der Waals surface area (Å²) in [5.74, 6) is 1.87. The van der Waals surface area contributed by atoms with Gasteiger partial charge in [-0.1, -0.05) is 18.9 Å². The second-order valence-electron chi connectivity index (χ2n) is 10.00. The first-order valence-electron chi connectivity index (χ1n) is 12.4. The average Bonchev–Trinajstić information content (AvgIpc) is 3.32. The number of carbonyl (C=O) groups is 2. The number of nitrogens with zero attached hydrogens (tertiary/aromatic N) is 2. The lowest BCUT2D eigenvalue weighted by atomic mass is 9.81. The highest BCUT2D eigenvalue weighted by molar-refractivity contribution is 5.84. The van der Waals surface area contributed by atoms with E-state index in [1.807, 2.05) is 33.7 Å². The van der Waals surface area contributed by atoms with Crippen LogP contribution in [0.15, 0.2) is 45.8 Å². The van der Waals surface area contributed by atoms with Crippen LogP contribution in [-0.4, -0.2) is 40.4 Å². The number of amides is 2. The Bertz CT molecular complexity index is 1040. The minimum Gasteiger partial charge on any atom is -0.469 e. The summed E-state index contributed by atoms with van der Waals surface area (Å²) in [7, 11) is 0. The van der Waals surface area contributed by atoms with E-state index in [0.29, 0.717) is 31.5 Å². The second kappa shape index (κ2) is 9.57. The molecular weight excluding hydrogens is 418 g/mol. The van der Waals surface area contributed by atoms with Crippen molar-refractivity contribution in [3.63, 3.8) is 0 Å². The van der Waals surface area contributed by atoms with Gasteiger partial charge in [-0.3, -0.25) is 14.4 Å². The fraction of sp³-hybridized carbons (Fsp3) is 0.577. The van der Waals surface area contributed by atoms with Gasteiger partial charge in [-0.2, -0.15) is 0 Å². The minimum atomic E-state index is -0.0335. The molecule has 2 bridgehead atoms. The molecule has 2 aromatic heterocycles. The molecule has 1 saturated carbocycles. The summed E-state index contributed by atoms with van der Waals surface area (Å²) in [4.78, 5) is 39.8. The molecule has 0 unspecified atom stereocenters. The molecule has 2 aromatic rings. The molecule has 2 amide bonds. The number of hydrogen-bond donors (Lipinski definition) is 1. The Balaban J connectivity index is 1.13. The van der Waals surface area contributed by atoms with Crippen molar-refractivity contribution < 1.29 is 14.0 Å². The van der Waals surface area contributed by atoms with Gasteiger partial charge in [-0.05, 0) is 49.3 Å². The van der Waals surface area contributed by atoms with E-state index in [4.69, 9.17) is 4.42 Å². The number of nitrogens with one attached hydrogen (secondary N) is 1. The summed E-state index contributed by atoms with van der Waals surface area (Å²) >= 11 is 0. The lowest BCUT2D eigenvalue weighted by Gasteiger charge is -2.42. The number of aromatic nitrogens is 1. The number of furan rings is 1. The predicted molar refractivity (Wildman–Crippen MR) is 124 cm³/mol. The molecule has 7 heteroatoms. The van der Waals surface area contributed by atoms with Crippen molar-refractivity contribution in [2.75, 3.05) is 13.1 Å². The number of piperidine rings is 1. The van der Waals surface area contributed by atoms with Gasteiger partial charge in [0, 0.05) is 62.6 Å². The highest BCUT2D eigenvalue weighted by atomic mass is 16.3. The van der Waals surface area contributed by atoms with Crippen LogP contribution in [0.25, 0.3) is 0 Å². The van der Waals surface area contributed by atoms with Gasteiger partial charge in [0.05, 0.1) is 6.26 Å². The third-order valence-electron chi connectivity index (χ3n) is 7.70. The quantitative estimate of drug-likeness (QED) is 0.732. The van der Waals surface area contributed by atoms with E-state index in [-0.39, 0.29) is 42.2 Å². The molecule has 0 spiro atoms. The van der Waals surface area contributed by atoms with E-state index < -0.39 is 0 Å². The minimum absolute atomic E-state index is 0.0335. The van der Waals surface area contributed by atoms with Gasteiger partial charge in [0.1, 0.15) is 5.76 Å². The maximum absolute atomic E-state index is 12.9. The molecule has 0 radical (unpaired) electrons. The van der Waals surface area contributed by atoms with Gasteiger partial charge in [0.2, 0.25) is 11.8 Å². The highest BCUT2D eigenvalue weighted by Gasteiger charge is 2.36. The Morgan fingerprint density at radius 2 is 1.91 bits per heavy atom. The molecule has 2 fully saturated rings. The van der Waals surface area contributed by atoms with Crippen molar-refractivity contribution in [3.8, 4) is 0 Å². The van der Waals surface area contributed by atoms with Gasteiger partial charge >= 0.3 is 0 Å². The summed E-state index contributed by atoms with van der Waals surface area (Å²) in [5, 5.41) is 3.21. The smallest absolute Gasteiger partial charge is 0.250 e. The van der Waals surface area contributed by atoms with E-state index in [2.05, 4.69) is 5.32 Å². The lowest BCUT2D eigenvalue weighted by molar-refractivity contribution is -0.136. The summed E-state index contributed by atoms with van der Waals surface area (Å²) in [6.45, 7) is 1.98. The van der Waals surface area contributed by atoms with E-state index in [1.54, 1.807) is 12.3 Å². The number of carbonyl (C=O) groups excluding carboxylic acids is 2. The van der Waals surface area contributed by atoms with Crippen LogP contribution in [0.3, 0.4) is 0 Å². The number of fused-ring (bicyclic) bond motifs is 4. The van der Waals surface area contributed by atoms with Crippen LogP contribution in [0.4, 0.5) is 0 Å². The molecule has 7 nitrogen and oxygen atoms in total. The fourth-order valence-corrected chi connectivity index (χ4v) is 6.09. The maximum atomic E-state index is 12.9. The predicted octanol–water partition coefficient (Wildman–Crippen LogP) is 3.08. The zero-order valence-corrected chi connectivity index (χ0v) is 19.1. The Labute approximate surface area is 194 Å². The Morgan fingerprint density at radius 3 is 2.76 bits per heavy atom. The molecule has 1 saturated heterocycles. The molecule has 5 rings (SSSR count). The van der Waals surface area contributed by atoms with Crippen LogP contribution in [0.2, 0.25) is 0 Å². The van der Waals surface area contributed by atoms with Gasteiger partial charge in [-0.15, -0.1) is 0 Å². The molecule has 1 N–H and O–H groups in total. The first-order valence-corrected chi connectivity index (χ1v) is 12.4. The largest absolute Gasteiger partial charge is 0.469 e. The first-order chi connectivity index (χ1) is 16.1. The Kier molecular flexibility index (Phi) is 6.38. The number of rotatable bonds is 6. The summed E-state index contributed by atoms with van der Waals surface area (Å²) < 4.78 is 7.39. The standard InChI is InChI=1S/C26H33N3O4/c30-24(27-22-7-2-1-5-19(22)14-21-6-4-12-33-21)10-11-25(31)28-15-18-13-20(17-28)23-8-3-9-26(32)29(23)16-18/h3-4,6,8-9,12,18-20,22H,1-2,5,7,10-11,13-17H2,(H,27,30)/t18-,19-,20+,22+/m0/s1. The number of likely N-dealkylation sites (tertiary alicyclic amines) is 1. The second-order valence-corrected chi connectivity index (χ2v) is 10.00. The van der Waals surface area contributed by atoms with E-state index in [1.165, 1.54) is 6.42 Å². The SMILES string of the molecule is O=C(CCC(=O)N1C[C@@H]2C[C@H](C1)c1cccc(=O)n1C2)N[C@@H]1CCCC[C@H]1Cc1ccco1. The highest BCUT2D eigenvalue weighted by Crippen LogP contribution is 2.35. The lowest BCUT2D eigenvalue weighted by Crippen LogP contribution is -2.49. The zero-order valence-electron chi connectivity index (χ0n) is 19.1. The third-order valence-corrected chi connectivity index (χ3v) is 7.70. The van der Waals surface area contributed by atoms with Gasteiger partial charge in [-0.25, -0.2) is 0 Å². The maximum Gasteiger partial charge on any atom is 0.250 e. The summed E-state index contributed by atoms with van der Waals surface area (Å²) in [5.41, 5.74) is 1.08. The molecule has 33 heavy (non-hydrogen) atoms. The van der Waals surface area contributed by atoms with Crippen LogP contribution in [0.1, 0.15) is 62.3 Å². The average molecular weight is 452 g/mol. The summed E-state index contributed by atoms with van der Waals surface area (Å²) in [6, 6.07) is 9.47. The topological polar surface area (TPSA) is 84.5 Å². The Hall–Kier alpha value is -2.83. The van der Waals surface area contributed by atoms with Gasteiger partial charge in [0.25, 0.3) is 5.56 Å². The normalized spacial score (nSPS) is 26.5. The molecule has 4 atom stereocenters. The van der Waals surface area contributed by atoms with Gasteiger partial charge in [0.15, 0.2) is 0 Å². The van der Waals surface area contributed by atoms with Crippen LogP contribution < -0.4 is 10.9 Å². The third kappa shape index (κ3) is 4.92. The number of pyridine rings is 1. The fourth-order valence-electron chi connectivity index (χ4n) is 6.09. The first kappa shape index (κ1) is 22.0. The van der Waals surface area contributed by atoms with Crippen molar-refractivity contribution in [3.05, 3.63) is 58.4 Å². The molecule has 3 aliphatic rings. The monoisotopic (exact) mass is 451 g/mol. The van der Waals surface area contributed by atoms with Crippen molar-refractivity contribution in [1.82, 2.24) is 14.8 Å². The molecule has 176 valence electrons. The molecule has 0 aromatic carbocycles. The van der Waals surface area contributed by atoms with Crippen LogP contribution in [0.5, 0.6) is 0 Å². The van der Waals surface area contributed by atoms with E-state index in [0.717, 1.165) is 43.6 Å². The van der Waals surface area contributed by atoms with Crippen molar-refractivity contribution >= 4 is 11.8 Å². The number of hydrogen-bond acceptors (Lipinski definition) is 4.